The van der Waals surface area contributed by atoms with E-state index in [1.165, 1.54) is 18.2 Å². The molecule has 1 aliphatic rings. The van der Waals surface area contributed by atoms with Crippen molar-refractivity contribution < 1.29 is 9.72 Å². The van der Waals surface area contributed by atoms with E-state index in [4.69, 9.17) is 11.6 Å². The highest BCUT2D eigenvalue weighted by atomic mass is 35.5. The molecule has 0 aliphatic heterocycles. The molecule has 1 aromatic carbocycles. The molecule has 1 fully saturated rings. The van der Waals surface area contributed by atoms with Gasteiger partial charge in [-0.2, -0.15) is 0 Å². The molecule has 0 spiro atoms. The van der Waals surface area contributed by atoms with Gasteiger partial charge in [0.25, 0.3) is 11.6 Å². The smallest absolute Gasteiger partial charge is 0.270 e. The Morgan fingerprint density at radius 2 is 1.90 bits per heavy atom. The molecule has 114 valence electrons. The van der Waals surface area contributed by atoms with Gasteiger partial charge in [-0.1, -0.05) is 39.3 Å². The zero-order chi connectivity index (χ0) is 16.0. The van der Waals surface area contributed by atoms with Crippen molar-refractivity contribution in [1.29, 1.82) is 0 Å². The van der Waals surface area contributed by atoms with E-state index in [1.54, 1.807) is 0 Å². The van der Waals surface area contributed by atoms with Crippen LogP contribution in [0.25, 0.3) is 0 Å². The number of carbonyl (C=O) groups excluding carboxylic acids is 1. The first-order valence-electron chi connectivity index (χ1n) is 6.81. The van der Waals surface area contributed by atoms with Gasteiger partial charge in [-0.15, -0.1) is 0 Å². The fourth-order valence-corrected chi connectivity index (χ4v) is 3.14. The molecule has 2 rings (SSSR count). The maximum absolute atomic E-state index is 12.2. The van der Waals surface area contributed by atoms with E-state index in [2.05, 4.69) is 33.0 Å². The predicted octanol–water partition coefficient (Wildman–Crippen LogP) is 3.66. The number of rotatable bonds is 4. The molecule has 1 aliphatic carbocycles. The summed E-state index contributed by atoms with van der Waals surface area (Å²) >= 11 is 5.96. The van der Waals surface area contributed by atoms with E-state index >= 15 is 0 Å². The Labute approximate surface area is 128 Å². The van der Waals surface area contributed by atoms with Crippen LogP contribution in [0, 0.1) is 26.9 Å². The van der Waals surface area contributed by atoms with Crippen molar-refractivity contribution in [3.8, 4) is 0 Å². The van der Waals surface area contributed by atoms with Crippen LogP contribution in [0.3, 0.4) is 0 Å². The van der Waals surface area contributed by atoms with E-state index in [0.717, 1.165) is 0 Å². The highest BCUT2D eigenvalue weighted by molar-refractivity contribution is 6.33. The minimum atomic E-state index is -0.541. The molecular formula is C15H19ClN2O3. The highest BCUT2D eigenvalue weighted by Gasteiger charge is 2.64. The lowest BCUT2D eigenvalue weighted by Crippen LogP contribution is -2.27. The number of hydrogen-bond donors (Lipinski definition) is 1. The van der Waals surface area contributed by atoms with Crippen molar-refractivity contribution in [2.24, 2.45) is 16.7 Å². The number of halogens is 1. The minimum absolute atomic E-state index is 0.141. The van der Waals surface area contributed by atoms with Gasteiger partial charge in [-0.3, -0.25) is 14.9 Å². The molecule has 1 N–H and O–H groups in total. The van der Waals surface area contributed by atoms with Gasteiger partial charge >= 0.3 is 0 Å². The van der Waals surface area contributed by atoms with E-state index in [0.29, 0.717) is 12.5 Å². The lowest BCUT2D eigenvalue weighted by Gasteiger charge is -2.08. The number of carbonyl (C=O) groups is 1. The Hall–Kier alpha value is -1.62. The first-order valence-corrected chi connectivity index (χ1v) is 7.19. The second kappa shape index (κ2) is 4.98. The van der Waals surface area contributed by atoms with Crippen LogP contribution in [0.1, 0.15) is 38.1 Å². The standard InChI is InChI=1S/C15H19ClN2O3/c1-14(2)12(15(14,3)4)8-17-13(19)10-7-9(18(20)21)5-6-11(10)16/h5-7,12H,8H2,1-4H3,(H,17,19). The number of nitrogens with one attached hydrogen (secondary N) is 1. The van der Waals surface area contributed by atoms with Gasteiger partial charge in [0, 0.05) is 18.7 Å². The van der Waals surface area contributed by atoms with Crippen LogP contribution >= 0.6 is 11.6 Å². The van der Waals surface area contributed by atoms with Crippen molar-refractivity contribution in [3.05, 3.63) is 38.9 Å². The van der Waals surface area contributed by atoms with E-state index in [-0.39, 0.29) is 33.0 Å². The molecule has 21 heavy (non-hydrogen) atoms. The summed E-state index contributed by atoms with van der Waals surface area (Å²) in [5.74, 6) is 0.00798. The molecule has 0 bridgehead atoms. The van der Waals surface area contributed by atoms with E-state index in [1.807, 2.05) is 0 Å². The Morgan fingerprint density at radius 3 is 2.38 bits per heavy atom. The molecule has 0 radical (unpaired) electrons. The fourth-order valence-electron chi connectivity index (χ4n) is 2.93. The lowest BCUT2D eigenvalue weighted by molar-refractivity contribution is -0.384. The molecule has 0 unspecified atom stereocenters. The molecule has 1 aromatic rings. The molecule has 0 atom stereocenters. The number of nitro benzene ring substituents is 1. The molecule has 6 heteroatoms. The maximum atomic E-state index is 12.2. The number of non-ortho nitro benzene ring substituents is 1. The Kier molecular flexibility index (Phi) is 3.74. The summed E-state index contributed by atoms with van der Waals surface area (Å²) in [6, 6.07) is 3.87. The van der Waals surface area contributed by atoms with Crippen LogP contribution in [-0.2, 0) is 0 Å². The molecule has 1 amide bonds. The first kappa shape index (κ1) is 15.8. The Morgan fingerprint density at radius 1 is 1.33 bits per heavy atom. The summed E-state index contributed by atoms with van der Waals surface area (Å²) in [5.41, 5.74) is 0.346. The number of amides is 1. The third-order valence-electron chi connectivity index (χ3n) is 5.19. The van der Waals surface area contributed by atoms with Crippen LogP contribution in [0.2, 0.25) is 5.02 Å². The third kappa shape index (κ3) is 2.62. The first-order chi connectivity index (χ1) is 9.59. The zero-order valence-electron chi connectivity index (χ0n) is 12.6. The second-order valence-corrected chi connectivity index (χ2v) is 7.03. The highest BCUT2D eigenvalue weighted by Crippen LogP contribution is 2.67. The average Bonchev–Trinajstić information content (AvgIpc) is 2.77. The summed E-state index contributed by atoms with van der Waals surface area (Å²) in [6.07, 6.45) is 0. The summed E-state index contributed by atoms with van der Waals surface area (Å²) in [7, 11) is 0. The van der Waals surface area contributed by atoms with E-state index in [9.17, 15) is 14.9 Å². The van der Waals surface area contributed by atoms with Crippen LogP contribution in [0.15, 0.2) is 18.2 Å². The van der Waals surface area contributed by atoms with Crippen LogP contribution < -0.4 is 5.32 Å². The monoisotopic (exact) mass is 310 g/mol. The van der Waals surface area contributed by atoms with Gasteiger partial charge in [0.2, 0.25) is 0 Å². The van der Waals surface area contributed by atoms with Crippen LogP contribution in [0.5, 0.6) is 0 Å². The summed E-state index contributed by atoms with van der Waals surface area (Å²) < 4.78 is 0. The van der Waals surface area contributed by atoms with Crippen LogP contribution in [-0.4, -0.2) is 17.4 Å². The molecule has 1 saturated carbocycles. The summed E-state index contributed by atoms with van der Waals surface area (Å²) in [5, 5.41) is 13.8. The largest absolute Gasteiger partial charge is 0.352 e. The van der Waals surface area contributed by atoms with Crippen molar-refractivity contribution in [2.45, 2.75) is 27.7 Å². The number of benzene rings is 1. The van der Waals surface area contributed by atoms with Gasteiger partial charge < -0.3 is 5.32 Å². The number of nitro groups is 1. The molecular weight excluding hydrogens is 292 g/mol. The van der Waals surface area contributed by atoms with Gasteiger partial charge in [0.05, 0.1) is 15.5 Å². The van der Waals surface area contributed by atoms with Crippen molar-refractivity contribution in [1.82, 2.24) is 5.32 Å². The normalized spacial score (nSPS) is 19.1. The molecule has 5 nitrogen and oxygen atoms in total. The second-order valence-electron chi connectivity index (χ2n) is 6.63. The minimum Gasteiger partial charge on any atom is -0.352 e. The van der Waals surface area contributed by atoms with Crippen LogP contribution in [0.4, 0.5) is 5.69 Å². The van der Waals surface area contributed by atoms with Gasteiger partial charge in [0.1, 0.15) is 0 Å². The Balaban J connectivity index is 2.08. The Bertz CT molecular complexity index is 597. The van der Waals surface area contributed by atoms with Gasteiger partial charge in [0.15, 0.2) is 0 Å². The fraction of sp³-hybridized carbons (Fsp3) is 0.533. The third-order valence-corrected chi connectivity index (χ3v) is 5.52. The number of hydrogen-bond acceptors (Lipinski definition) is 3. The van der Waals surface area contributed by atoms with E-state index < -0.39 is 4.92 Å². The predicted molar refractivity (Wildman–Crippen MR) is 81.5 cm³/mol. The molecule has 0 heterocycles. The van der Waals surface area contributed by atoms with Crippen molar-refractivity contribution in [3.63, 3.8) is 0 Å². The van der Waals surface area contributed by atoms with Gasteiger partial charge in [-0.05, 0) is 22.8 Å². The lowest BCUT2D eigenvalue weighted by atomic mass is 10.0. The molecule has 0 saturated heterocycles. The summed E-state index contributed by atoms with van der Waals surface area (Å²) in [6.45, 7) is 9.22. The topological polar surface area (TPSA) is 72.2 Å². The quantitative estimate of drug-likeness (QED) is 0.681. The average molecular weight is 311 g/mol. The SMILES string of the molecule is CC1(C)C(CNC(=O)c2cc([N+](=O)[O-])ccc2Cl)C1(C)C. The summed E-state index contributed by atoms with van der Waals surface area (Å²) in [4.78, 5) is 22.4. The number of nitrogens with zero attached hydrogens (tertiary/aromatic N) is 1. The zero-order valence-corrected chi connectivity index (χ0v) is 13.3. The van der Waals surface area contributed by atoms with Crippen molar-refractivity contribution in [2.75, 3.05) is 6.54 Å². The van der Waals surface area contributed by atoms with Gasteiger partial charge in [-0.25, -0.2) is 0 Å². The molecule has 0 aromatic heterocycles. The maximum Gasteiger partial charge on any atom is 0.270 e. The van der Waals surface area contributed by atoms with Crippen molar-refractivity contribution >= 4 is 23.2 Å².